The van der Waals surface area contributed by atoms with Crippen molar-refractivity contribution in [2.24, 2.45) is 0 Å². The first-order valence-electron chi connectivity index (χ1n) is 7.54. The van der Waals surface area contributed by atoms with E-state index in [0.717, 1.165) is 11.1 Å². The number of ether oxygens (including phenoxy) is 1. The Balaban J connectivity index is 1.74. The number of amides is 1. The van der Waals surface area contributed by atoms with Gasteiger partial charge >= 0.3 is 5.97 Å². The minimum atomic E-state index is -0.515. The summed E-state index contributed by atoms with van der Waals surface area (Å²) in [5.74, 6) is -0.971. The summed E-state index contributed by atoms with van der Waals surface area (Å²) in [6, 6.07) is 7.28. The first kappa shape index (κ1) is 17.9. The molecule has 1 N–H and O–H groups in total. The molecule has 0 saturated heterocycles. The Morgan fingerprint density at radius 1 is 1.17 bits per heavy atom. The van der Waals surface area contributed by atoms with Gasteiger partial charge in [0.2, 0.25) is 5.78 Å². The first-order chi connectivity index (χ1) is 11.5. The molecule has 0 fully saturated rings. The molecule has 0 atom stereocenters. The van der Waals surface area contributed by atoms with Crippen LogP contribution in [0, 0.1) is 13.8 Å². The summed E-state index contributed by atoms with van der Waals surface area (Å²) in [5, 5.41) is 6.17. The van der Waals surface area contributed by atoms with Gasteiger partial charge in [0.25, 0.3) is 5.91 Å². The lowest BCUT2D eigenvalue weighted by molar-refractivity contribution is -0.142. The van der Waals surface area contributed by atoms with Gasteiger partial charge in [0.1, 0.15) is 0 Å². The summed E-state index contributed by atoms with van der Waals surface area (Å²) in [6.07, 6.45) is 0.0238. The highest BCUT2D eigenvalue weighted by Crippen LogP contribution is 2.11. The predicted octanol–water partition coefficient (Wildman–Crippen LogP) is 2.91. The van der Waals surface area contributed by atoms with Gasteiger partial charge < -0.3 is 10.1 Å². The molecule has 6 heteroatoms. The van der Waals surface area contributed by atoms with E-state index in [0.29, 0.717) is 11.1 Å². The molecule has 0 unspecified atom stereocenters. The minimum Gasteiger partial charge on any atom is -0.457 e. The third kappa shape index (κ3) is 5.03. The van der Waals surface area contributed by atoms with Crippen LogP contribution in [-0.4, -0.2) is 30.8 Å². The molecule has 1 amide bonds. The quantitative estimate of drug-likeness (QED) is 0.619. The second kappa shape index (κ2) is 8.40. The summed E-state index contributed by atoms with van der Waals surface area (Å²) in [4.78, 5) is 35.5. The Kier molecular flexibility index (Phi) is 6.26. The minimum absolute atomic E-state index is 0.0238. The highest BCUT2D eigenvalue weighted by molar-refractivity contribution is 7.08. The molecule has 0 radical (unpaired) electrons. The van der Waals surface area contributed by atoms with E-state index in [-0.39, 0.29) is 31.3 Å². The van der Waals surface area contributed by atoms with Crippen molar-refractivity contribution >= 4 is 29.0 Å². The van der Waals surface area contributed by atoms with Gasteiger partial charge in [-0.05, 0) is 36.9 Å². The number of benzene rings is 1. The number of hydrogen-bond donors (Lipinski definition) is 1. The molecule has 2 rings (SSSR count). The monoisotopic (exact) mass is 345 g/mol. The summed E-state index contributed by atoms with van der Waals surface area (Å²) < 4.78 is 4.99. The fourth-order valence-electron chi connectivity index (χ4n) is 2.11. The molecule has 5 nitrogen and oxygen atoms in total. The zero-order chi connectivity index (χ0) is 17.5. The first-order valence-corrected chi connectivity index (χ1v) is 8.48. The van der Waals surface area contributed by atoms with Gasteiger partial charge in [-0.1, -0.05) is 17.7 Å². The van der Waals surface area contributed by atoms with Crippen molar-refractivity contribution in [3.63, 3.8) is 0 Å². The van der Waals surface area contributed by atoms with Gasteiger partial charge in [-0.3, -0.25) is 14.4 Å². The van der Waals surface area contributed by atoms with E-state index in [2.05, 4.69) is 5.32 Å². The molecule has 1 heterocycles. The number of carbonyl (C=O) groups is 3. The van der Waals surface area contributed by atoms with Crippen molar-refractivity contribution in [2.45, 2.75) is 20.3 Å². The van der Waals surface area contributed by atoms with Gasteiger partial charge in [-0.2, -0.15) is 11.3 Å². The van der Waals surface area contributed by atoms with Crippen LogP contribution in [0.5, 0.6) is 0 Å². The zero-order valence-corrected chi connectivity index (χ0v) is 14.4. The lowest BCUT2D eigenvalue weighted by Crippen LogP contribution is -2.26. The van der Waals surface area contributed by atoms with E-state index >= 15 is 0 Å². The predicted molar refractivity (Wildman–Crippen MR) is 92.5 cm³/mol. The second-order valence-electron chi connectivity index (χ2n) is 5.42. The van der Waals surface area contributed by atoms with Gasteiger partial charge in [0.05, 0.1) is 6.42 Å². The Hall–Kier alpha value is -2.47. The van der Waals surface area contributed by atoms with Crippen LogP contribution < -0.4 is 5.32 Å². The van der Waals surface area contributed by atoms with Crippen LogP contribution in [0.2, 0.25) is 0 Å². The van der Waals surface area contributed by atoms with Gasteiger partial charge in [-0.15, -0.1) is 0 Å². The molecule has 0 aliphatic heterocycles. The molecule has 1 aromatic heterocycles. The average Bonchev–Trinajstić information content (AvgIpc) is 3.09. The van der Waals surface area contributed by atoms with Crippen LogP contribution in [0.25, 0.3) is 0 Å². The number of thiophene rings is 1. The average molecular weight is 345 g/mol. The van der Waals surface area contributed by atoms with Gasteiger partial charge in [-0.25, -0.2) is 0 Å². The molecule has 0 spiro atoms. The van der Waals surface area contributed by atoms with Gasteiger partial charge in [0.15, 0.2) is 6.61 Å². The maximum absolute atomic E-state index is 12.1. The van der Waals surface area contributed by atoms with Crippen molar-refractivity contribution in [3.05, 3.63) is 57.3 Å². The van der Waals surface area contributed by atoms with Gasteiger partial charge in [0, 0.05) is 23.1 Å². The molecule has 2 aromatic rings. The topological polar surface area (TPSA) is 72.5 Å². The van der Waals surface area contributed by atoms with Crippen molar-refractivity contribution in [1.29, 1.82) is 0 Å². The third-order valence-electron chi connectivity index (χ3n) is 3.46. The molecule has 126 valence electrons. The molecule has 0 aliphatic carbocycles. The maximum Gasteiger partial charge on any atom is 0.308 e. The highest BCUT2D eigenvalue weighted by Gasteiger charge is 2.13. The van der Waals surface area contributed by atoms with Crippen LogP contribution in [0.3, 0.4) is 0 Å². The number of esters is 1. The zero-order valence-electron chi connectivity index (χ0n) is 13.6. The Bertz CT molecular complexity index is 737. The molecular weight excluding hydrogens is 326 g/mol. The van der Waals surface area contributed by atoms with Crippen LogP contribution >= 0.6 is 11.3 Å². The van der Waals surface area contributed by atoms with Crippen LogP contribution in [0.4, 0.5) is 0 Å². The van der Waals surface area contributed by atoms with E-state index in [1.165, 1.54) is 11.3 Å². The van der Waals surface area contributed by atoms with E-state index in [1.54, 1.807) is 17.5 Å². The SMILES string of the molecule is Cc1ccc(C)c(C(=O)COC(=O)CCNC(=O)c2ccsc2)c1. The van der Waals surface area contributed by atoms with Crippen molar-refractivity contribution < 1.29 is 19.1 Å². The normalized spacial score (nSPS) is 10.2. The van der Waals surface area contributed by atoms with Crippen LogP contribution in [0.15, 0.2) is 35.0 Å². The van der Waals surface area contributed by atoms with Crippen molar-refractivity contribution in [2.75, 3.05) is 13.2 Å². The lowest BCUT2D eigenvalue weighted by Gasteiger charge is -2.08. The smallest absolute Gasteiger partial charge is 0.308 e. The summed E-state index contributed by atoms with van der Waals surface area (Å²) in [5.41, 5.74) is 2.96. The van der Waals surface area contributed by atoms with E-state index in [1.807, 2.05) is 31.4 Å². The number of carbonyl (C=O) groups excluding carboxylic acids is 3. The summed E-state index contributed by atoms with van der Waals surface area (Å²) in [7, 11) is 0. The number of hydrogen-bond acceptors (Lipinski definition) is 5. The number of rotatable bonds is 7. The second-order valence-corrected chi connectivity index (χ2v) is 6.20. The molecule has 0 bridgehead atoms. The maximum atomic E-state index is 12.1. The van der Waals surface area contributed by atoms with Crippen molar-refractivity contribution in [1.82, 2.24) is 5.32 Å². The van der Waals surface area contributed by atoms with E-state index in [9.17, 15) is 14.4 Å². The standard InChI is InChI=1S/C18H19NO4S/c1-12-3-4-13(2)15(9-12)16(20)10-23-17(21)5-7-19-18(22)14-6-8-24-11-14/h3-4,6,8-9,11H,5,7,10H2,1-2H3,(H,19,22). The molecule has 0 aliphatic rings. The Morgan fingerprint density at radius 2 is 1.96 bits per heavy atom. The lowest BCUT2D eigenvalue weighted by atomic mass is 10.0. The number of Topliss-reactive ketones (excluding diaryl/α,β-unsaturated/α-hetero) is 1. The molecular formula is C18H19NO4S. The molecule has 1 aromatic carbocycles. The van der Waals surface area contributed by atoms with E-state index < -0.39 is 5.97 Å². The fourth-order valence-corrected chi connectivity index (χ4v) is 2.74. The third-order valence-corrected chi connectivity index (χ3v) is 4.14. The number of ketones is 1. The largest absolute Gasteiger partial charge is 0.457 e. The number of aryl methyl sites for hydroxylation is 2. The summed E-state index contributed by atoms with van der Waals surface area (Å²) >= 11 is 1.43. The Morgan fingerprint density at radius 3 is 2.67 bits per heavy atom. The van der Waals surface area contributed by atoms with Crippen LogP contribution in [-0.2, 0) is 9.53 Å². The Labute approximate surface area is 144 Å². The van der Waals surface area contributed by atoms with E-state index in [4.69, 9.17) is 4.74 Å². The number of nitrogens with one attached hydrogen (secondary N) is 1. The summed E-state index contributed by atoms with van der Waals surface area (Å²) in [6.45, 7) is 3.62. The van der Waals surface area contributed by atoms with Crippen LogP contribution in [0.1, 0.15) is 38.3 Å². The molecule has 24 heavy (non-hydrogen) atoms. The highest BCUT2D eigenvalue weighted by atomic mass is 32.1. The van der Waals surface area contributed by atoms with Crippen molar-refractivity contribution in [3.8, 4) is 0 Å². The fraction of sp³-hybridized carbons (Fsp3) is 0.278. The molecule has 0 saturated carbocycles.